The molecule has 0 fully saturated rings. The van der Waals surface area contributed by atoms with E-state index < -0.39 is 29.8 Å². The van der Waals surface area contributed by atoms with Gasteiger partial charge in [0.25, 0.3) is 5.91 Å². The van der Waals surface area contributed by atoms with Gasteiger partial charge in [0.15, 0.2) is 0 Å². The standard InChI is InChI=1S/C14H17FN4O3/c1-8(20)7-17-14(22)11-6-12(13(16)21)19(18-11)10-4-2-9(15)3-5-10/h2-5,8,12,20H,6-7H2,1H3,(H2,16,21)(H,17,22). The van der Waals surface area contributed by atoms with E-state index in [9.17, 15) is 14.0 Å². The molecule has 0 aliphatic carbocycles. The van der Waals surface area contributed by atoms with Crippen LogP contribution in [0.25, 0.3) is 0 Å². The van der Waals surface area contributed by atoms with E-state index >= 15 is 0 Å². The quantitative estimate of drug-likeness (QED) is 0.696. The maximum Gasteiger partial charge on any atom is 0.267 e. The van der Waals surface area contributed by atoms with Gasteiger partial charge >= 0.3 is 0 Å². The first kappa shape index (κ1) is 15.9. The molecule has 4 N–H and O–H groups in total. The van der Waals surface area contributed by atoms with E-state index in [1.54, 1.807) is 0 Å². The molecule has 8 heteroatoms. The highest BCUT2D eigenvalue weighted by molar-refractivity contribution is 6.40. The Morgan fingerprint density at radius 3 is 2.68 bits per heavy atom. The number of aliphatic hydroxyl groups is 1. The van der Waals surface area contributed by atoms with E-state index in [1.807, 2.05) is 0 Å². The number of rotatable bonds is 5. The summed E-state index contributed by atoms with van der Waals surface area (Å²) in [5.41, 5.74) is 5.93. The number of anilines is 1. The average molecular weight is 308 g/mol. The van der Waals surface area contributed by atoms with Gasteiger partial charge in [-0.15, -0.1) is 0 Å². The Hall–Kier alpha value is -2.48. The first-order valence-electron chi connectivity index (χ1n) is 6.76. The number of nitrogens with two attached hydrogens (primary N) is 1. The highest BCUT2D eigenvalue weighted by Crippen LogP contribution is 2.24. The van der Waals surface area contributed by atoms with Crippen LogP contribution in [0.3, 0.4) is 0 Å². The SMILES string of the molecule is CC(O)CNC(=O)C1=NN(c2ccc(F)cc2)C(C(N)=O)C1. The van der Waals surface area contributed by atoms with Crippen LogP contribution >= 0.6 is 0 Å². The molecule has 7 nitrogen and oxygen atoms in total. The maximum atomic E-state index is 13.0. The number of nitrogens with one attached hydrogen (secondary N) is 1. The Labute approximate surface area is 126 Å². The number of aliphatic hydroxyl groups excluding tert-OH is 1. The number of halogens is 1. The minimum absolute atomic E-state index is 0.0539. The van der Waals surface area contributed by atoms with Gasteiger partial charge in [0.2, 0.25) is 5.91 Å². The monoisotopic (exact) mass is 308 g/mol. The zero-order valence-corrected chi connectivity index (χ0v) is 12.0. The summed E-state index contributed by atoms with van der Waals surface area (Å²) in [6.07, 6.45) is -0.635. The second-order valence-corrected chi connectivity index (χ2v) is 5.05. The summed E-state index contributed by atoms with van der Waals surface area (Å²) in [4.78, 5) is 23.5. The molecule has 22 heavy (non-hydrogen) atoms. The molecule has 0 saturated heterocycles. The first-order chi connectivity index (χ1) is 10.4. The predicted octanol–water partition coefficient (Wildman–Crippen LogP) is -0.257. The summed E-state index contributed by atoms with van der Waals surface area (Å²) in [5, 5.41) is 17.1. The summed E-state index contributed by atoms with van der Waals surface area (Å²) in [6.45, 7) is 1.61. The Morgan fingerprint density at radius 1 is 1.50 bits per heavy atom. The molecule has 1 heterocycles. The average Bonchev–Trinajstić information content (AvgIpc) is 2.91. The van der Waals surface area contributed by atoms with Crippen LogP contribution in [0.4, 0.5) is 10.1 Å². The van der Waals surface area contributed by atoms with Crippen LogP contribution in [0.15, 0.2) is 29.4 Å². The summed E-state index contributed by atoms with van der Waals surface area (Å²) < 4.78 is 13.0. The van der Waals surface area contributed by atoms with Crippen molar-refractivity contribution in [2.24, 2.45) is 10.8 Å². The summed E-state index contributed by atoms with van der Waals surface area (Å²) >= 11 is 0. The summed E-state index contributed by atoms with van der Waals surface area (Å²) in [6, 6.07) is 4.55. The normalized spacial score (nSPS) is 18.8. The molecule has 0 aromatic heterocycles. The van der Waals surface area contributed by atoms with E-state index in [4.69, 9.17) is 10.8 Å². The van der Waals surface area contributed by atoms with Crippen molar-refractivity contribution in [3.8, 4) is 0 Å². The number of nitrogens with zero attached hydrogens (tertiary/aromatic N) is 2. The molecule has 0 radical (unpaired) electrons. The number of hydrazone groups is 1. The van der Waals surface area contributed by atoms with Crippen molar-refractivity contribution in [3.05, 3.63) is 30.1 Å². The molecule has 1 aliphatic rings. The van der Waals surface area contributed by atoms with E-state index in [2.05, 4.69) is 10.4 Å². The van der Waals surface area contributed by atoms with Gasteiger partial charge in [0, 0.05) is 13.0 Å². The lowest BCUT2D eigenvalue weighted by molar-refractivity contribution is -0.119. The van der Waals surface area contributed by atoms with Crippen molar-refractivity contribution in [3.63, 3.8) is 0 Å². The molecule has 1 aliphatic heterocycles. The Bertz CT molecular complexity index is 601. The number of primary amides is 1. The van der Waals surface area contributed by atoms with Crippen LogP contribution in [-0.2, 0) is 9.59 Å². The highest BCUT2D eigenvalue weighted by Gasteiger charge is 2.34. The molecule has 2 atom stereocenters. The fraction of sp³-hybridized carbons (Fsp3) is 0.357. The third kappa shape index (κ3) is 3.59. The third-order valence-corrected chi connectivity index (χ3v) is 3.15. The van der Waals surface area contributed by atoms with Gasteiger partial charge in [0.1, 0.15) is 17.6 Å². The van der Waals surface area contributed by atoms with Crippen LogP contribution in [0.2, 0.25) is 0 Å². The van der Waals surface area contributed by atoms with Gasteiger partial charge < -0.3 is 16.2 Å². The lowest BCUT2D eigenvalue weighted by Gasteiger charge is -2.20. The molecule has 1 aromatic rings. The second kappa shape index (κ2) is 6.52. The molecular weight excluding hydrogens is 291 g/mol. The largest absolute Gasteiger partial charge is 0.392 e. The number of benzene rings is 1. The van der Waals surface area contributed by atoms with E-state index in [1.165, 1.54) is 36.2 Å². The minimum atomic E-state index is -0.808. The van der Waals surface area contributed by atoms with Crippen LogP contribution in [-0.4, -0.2) is 41.3 Å². The van der Waals surface area contributed by atoms with Crippen molar-refractivity contribution >= 4 is 23.2 Å². The van der Waals surface area contributed by atoms with Crippen molar-refractivity contribution in [2.45, 2.75) is 25.5 Å². The second-order valence-electron chi connectivity index (χ2n) is 5.05. The van der Waals surface area contributed by atoms with Crippen molar-refractivity contribution in [1.82, 2.24) is 5.32 Å². The van der Waals surface area contributed by atoms with Crippen molar-refractivity contribution in [1.29, 1.82) is 0 Å². The summed E-state index contributed by atoms with van der Waals surface area (Å²) in [5.74, 6) is -1.53. The van der Waals surface area contributed by atoms with Gasteiger partial charge in [-0.05, 0) is 31.2 Å². The molecule has 0 spiro atoms. The van der Waals surface area contributed by atoms with E-state index in [0.717, 1.165) is 0 Å². The van der Waals surface area contributed by atoms with Crippen LogP contribution in [0, 0.1) is 5.82 Å². The van der Waals surface area contributed by atoms with E-state index in [-0.39, 0.29) is 18.7 Å². The predicted molar refractivity (Wildman–Crippen MR) is 78.6 cm³/mol. The molecule has 0 saturated carbocycles. The fourth-order valence-corrected chi connectivity index (χ4v) is 2.04. The number of hydrogen-bond donors (Lipinski definition) is 3. The van der Waals surface area contributed by atoms with Crippen LogP contribution < -0.4 is 16.1 Å². The third-order valence-electron chi connectivity index (χ3n) is 3.15. The number of carbonyl (C=O) groups excluding carboxylic acids is 2. The topological polar surface area (TPSA) is 108 Å². The van der Waals surface area contributed by atoms with Crippen LogP contribution in [0.1, 0.15) is 13.3 Å². The Kier molecular flexibility index (Phi) is 4.71. The maximum absolute atomic E-state index is 13.0. The van der Waals surface area contributed by atoms with Gasteiger partial charge in [-0.2, -0.15) is 5.10 Å². The van der Waals surface area contributed by atoms with Gasteiger partial charge in [-0.1, -0.05) is 0 Å². The van der Waals surface area contributed by atoms with E-state index in [0.29, 0.717) is 5.69 Å². The van der Waals surface area contributed by atoms with Gasteiger partial charge in [-0.3, -0.25) is 14.6 Å². The van der Waals surface area contributed by atoms with Crippen molar-refractivity contribution < 1.29 is 19.1 Å². The minimum Gasteiger partial charge on any atom is -0.392 e. The molecule has 118 valence electrons. The fourth-order valence-electron chi connectivity index (χ4n) is 2.04. The lowest BCUT2D eigenvalue weighted by Crippen LogP contribution is -2.40. The number of hydrogen-bond acceptors (Lipinski definition) is 5. The summed E-state index contributed by atoms with van der Waals surface area (Å²) in [7, 11) is 0. The zero-order valence-electron chi connectivity index (χ0n) is 12.0. The molecule has 0 bridgehead atoms. The molecule has 2 amide bonds. The lowest BCUT2D eigenvalue weighted by atomic mass is 10.1. The highest BCUT2D eigenvalue weighted by atomic mass is 19.1. The molecule has 1 aromatic carbocycles. The van der Waals surface area contributed by atoms with Crippen molar-refractivity contribution in [2.75, 3.05) is 11.6 Å². The van der Waals surface area contributed by atoms with Crippen LogP contribution in [0.5, 0.6) is 0 Å². The Morgan fingerprint density at radius 2 is 2.14 bits per heavy atom. The number of carbonyl (C=O) groups is 2. The zero-order chi connectivity index (χ0) is 16.3. The smallest absolute Gasteiger partial charge is 0.267 e. The molecule has 2 unspecified atom stereocenters. The Balaban J connectivity index is 2.20. The molecule has 2 rings (SSSR count). The first-order valence-corrected chi connectivity index (χ1v) is 6.76. The number of amides is 2. The van der Waals surface area contributed by atoms with Gasteiger partial charge in [-0.25, -0.2) is 4.39 Å². The van der Waals surface area contributed by atoms with Gasteiger partial charge in [0.05, 0.1) is 11.8 Å². The molecular formula is C14H17FN4O3.